The molecule has 0 unspecified atom stereocenters. The molecule has 0 heterocycles. The van der Waals surface area contributed by atoms with Crippen LogP contribution in [0.3, 0.4) is 0 Å². The van der Waals surface area contributed by atoms with Gasteiger partial charge in [0.2, 0.25) is 0 Å². The van der Waals surface area contributed by atoms with Crippen molar-refractivity contribution in [2.75, 3.05) is 5.32 Å². The third kappa shape index (κ3) is 3.40. The van der Waals surface area contributed by atoms with Gasteiger partial charge < -0.3 is 10.4 Å². The van der Waals surface area contributed by atoms with Gasteiger partial charge in [-0.1, -0.05) is 17.7 Å². The van der Waals surface area contributed by atoms with Crippen LogP contribution in [0, 0.1) is 5.82 Å². The van der Waals surface area contributed by atoms with Gasteiger partial charge in [-0.15, -0.1) is 0 Å². The monoisotopic (exact) mass is 371 g/mol. The van der Waals surface area contributed by atoms with Gasteiger partial charge in [-0.05, 0) is 46.3 Å². The summed E-state index contributed by atoms with van der Waals surface area (Å²) in [7, 11) is 0. The van der Waals surface area contributed by atoms with Crippen molar-refractivity contribution < 1.29 is 19.1 Å². The third-order valence-corrected chi connectivity index (χ3v) is 3.60. The minimum absolute atomic E-state index is 0.0376. The zero-order chi connectivity index (χ0) is 15.6. The summed E-state index contributed by atoms with van der Waals surface area (Å²) in [6, 6.07) is 8.14. The number of aromatic carboxylic acids is 1. The van der Waals surface area contributed by atoms with Crippen molar-refractivity contribution in [3.05, 3.63) is 62.8 Å². The van der Waals surface area contributed by atoms with Crippen LogP contribution >= 0.6 is 27.5 Å². The van der Waals surface area contributed by atoms with E-state index in [2.05, 4.69) is 21.2 Å². The zero-order valence-corrected chi connectivity index (χ0v) is 12.7. The van der Waals surface area contributed by atoms with Crippen molar-refractivity contribution in [1.82, 2.24) is 0 Å². The Balaban J connectivity index is 2.33. The highest BCUT2D eigenvalue weighted by Crippen LogP contribution is 2.25. The molecule has 7 heteroatoms. The number of carbonyl (C=O) groups excluding carboxylic acids is 1. The number of rotatable bonds is 3. The van der Waals surface area contributed by atoms with Gasteiger partial charge in [-0.2, -0.15) is 0 Å². The molecular weight excluding hydrogens is 365 g/mol. The molecule has 108 valence electrons. The Morgan fingerprint density at radius 1 is 1.24 bits per heavy atom. The van der Waals surface area contributed by atoms with Crippen LogP contribution in [0.25, 0.3) is 0 Å². The second kappa shape index (κ2) is 6.24. The lowest BCUT2D eigenvalue weighted by Gasteiger charge is -2.09. The van der Waals surface area contributed by atoms with Crippen molar-refractivity contribution in [1.29, 1.82) is 0 Å². The number of hydrogen-bond donors (Lipinski definition) is 2. The minimum Gasteiger partial charge on any atom is -0.478 e. The molecule has 2 N–H and O–H groups in total. The molecule has 0 saturated heterocycles. The van der Waals surface area contributed by atoms with Gasteiger partial charge >= 0.3 is 5.97 Å². The molecule has 0 aliphatic rings. The summed E-state index contributed by atoms with van der Waals surface area (Å²) in [4.78, 5) is 22.9. The van der Waals surface area contributed by atoms with Crippen LogP contribution < -0.4 is 5.32 Å². The smallest absolute Gasteiger partial charge is 0.335 e. The van der Waals surface area contributed by atoms with Crippen molar-refractivity contribution >= 4 is 45.1 Å². The Bertz CT molecular complexity index is 736. The van der Waals surface area contributed by atoms with E-state index in [1.165, 1.54) is 36.4 Å². The Labute approximate surface area is 132 Å². The average molecular weight is 373 g/mol. The highest BCUT2D eigenvalue weighted by atomic mass is 79.9. The molecule has 0 radical (unpaired) electrons. The number of amides is 1. The first-order chi connectivity index (χ1) is 9.90. The van der Waals surface area contributed by atoms with Crippen molar-refractivity contribution in [2.45, 2.75) is 0 Å². The number of anilines is 1. The summed E-state index contributed by atoms with van der Waals surface area (Å²) in [5.74, 6) is -2.59. The molecule has 0 aliphatic carbocycles. The molecule has 0 bridgehead atoms. The normalized spacial score (nSPS) is 10.2. The first-order valence-corrected chi connectivity index (χ1v) is 6.85. The van der Waals surface area contributed by atoms with E-state index in [0.29, 0.717) is 0 Å². The van der Waals surface area contributed by atoms with Crippen LogP contribution in [0.2, 0.25) is 5.02 Å². The van der Waals surface area contributed by atoms with Gasteiger partial charge in [-0.3, -0.25) is 4.79 Å². The molecule has 4 nitrogen and oxygen atoms in total. The molecule has 0 aromatic heterocycles. The number of hydrogen-bond acceptors (Lipinski definition) is 2. The second-order valence-corrected chi connectivity index (χ2v) is 5.32. The van der Waals surface area contributed by atoms with Crippen molar-refractivity contribution in [3.63, 3.8) is 0 Å². The van der Waals surface area contributed by atoms with E-state index in [1.807, 2.05) is 0 Å². The van der Waals surface area contributed by atoms with Crippen LogP contribution in [0.15, 0.2) is 40.9 Å². The second-order valence-electron chi connectivity index (χ2n) is 4.06. The number of nitrogens with one attached hydrogen (secondary N) is 1. The zero-order valence-electron chi connectivity index (χ0n) is 10.4. The Morgan fingerprint density at radius 2 is 1.95 bits per heavy atom. The molecule has 0 saturated carbocycles. The van der Waals surface area contributed by atoms with Gasteiger partial charge in [0.1, 0.15) is 5.82 Å². The Hall–Kier alpha value is -1.92. The lowest BCUT2D eigenvalue weighted by molar-refractivity contribution is 0.0696. The summed E-state index contributed by atoms with van der Waals surface area (Å²) < 4.78 is 14.0. The van der Waals surface area contributed by atoms with E-state index in [0.717, 1.165) is 0 Å². The standard InChI is InChI=1S/C14H8BrClFNO3/c15-9-3-1-2-8(12(9)17)13(19)18-11-6-7(14(20)21)4-5-10(11)16/h1-6H,(H,18,19)(H,20,21). The predicted octanol–water partition coefficient (Wildman–Crippen LogP) is 4.19. The molecule has 0 fully saturated rings. The van der Waals surface area contributed by atoms with Gasteiger partial charge in [0, 0.05) is 0 Å². The molecule has 2 aromatic carbocycles. The largest absolute Gasteiger partial charge is 0.478 e. The fraction of sp³-hybridized carbons (Fsp3) is 0. The van der Waals surface area contributed by atoms with E-state index >= 15 is 0 Å². The van der Waals surface area contributed by atoms with E-state index in [-0.39, 0.29) is 26.3 Å². The van der Waals surface area contributed by atoms with E-state index in [1.54, 1.807) is 0 Å². The summed E-state index contributed by atoms with van der Waals surface area (Å²) in [6.45, 7) is 0. The van der Waals surface area contributed by atoms with Crippen molar-refractivity contribution in [3.8, 4) is 0 Å². The average Bonchev–Trinajstić information content (AvgIpc) is 2.43. The highest BCUT2D eigenvalue weighted by Gasteiger charge is 2.16. The number of carboxylic acids is 1. The maximum absolute atomic E-state index is 13.8. The quantitative estimate of drug-likeness (QED) is 0.849. The predicted molar refractivity (Wildman–Crippen MR) is 80.5 cm³/mol. The van der Waals surface area contributed by atoms with Gasteiger partial charge in [0.05, 0.1) is 26.3 Å². The lowest BCUT2D eigenvalue weighted by Crippen LogP contribution is -2.14. The van der Waals surface area contributed by atoms with E-state index in [4.69, 9.17) is 16.7 Å². The fourth-order valence-corrected chi connectivity index (χ4v) is 2.15. The summed E-state index contributed by atoms with van der Waals surface area (Å²) in [5.41, 5.74) is -0.119. The van der Waals surface area contributed by atoms with Gasteiger partial charge in [0.15, 0.2) is 0 Å². The lowest BCUT2D eigenvalue weighted by atomic mass is 10.1. The maximum Gasteiger partial charge on any atom is 0.335 e. The maximum atomic E-state index is 13.8. The third-order valence-electron chi connectivity index (χ3n) is 2.66. The first-order valence-electron chi connectivity index (χ1n) is 5.68. The topological polar surface area (TPSA) is 66.4 Å². The molecule has 2 rings (SSSR count). The Morgan fingerprint density at radius 3 is 2.62 bits per heavy atom. The molecular formula is C14H8BrClFNO3. The molecule has 0 aliphatic heterocycles. The number of benzene rings is 2. The molecule has 21 heavy (non-hydrogen) atoms. The van der Waals surface area contributed by atoms with Crippen LogP contribution in [-0.2, 0) is 0 Å². The molecule has 0 spiro atoms. The number of carbonyl (C=O) groups is 2. The summed E-state index contributed by atoms with van der Waals surface area (Å²) in [6.07, 6.45) is 0. The van der Waals surface area contributed by atoms with Crippen LogP contribution in [0.4, 0.5) is 10.1 Å². The first kappa shape index (κ1) is 15.5. The van der Waals surface area contributed by atoms with Crippen LogP contribution in [0.1, 0.15) is 20.7 Å². The fourth-order valence-electron chi connectivity index (χ4n) is 1.62. The SMILES string of the molecule is O=C(O)c1ccc(Cl)c(NC(=O)c2cccc(Br)c2F)c1. The van der Waals surface area contributed by atoms with Crippen LogP contribution in [0.5, 0.6) is 0 Å². The van der Waals surface area contributed by atoms with E-state index < -0.39 is 17.7 Å². The van der Waals surface area contributed by atoms with Gasteiger partial charge in [-0.25, -0.2) is 9.18 Å². The summed E-state index contributed by atoms with van der Waals surface area (Å²) in [5, 5.41) is 11.5. The Kier molecular flexibility index (Phi) is 4.59. The summed E-state index contributed by atoms with van der Waals surface area (Å²) >= 11 is 8.88. The molecule has 0 atom stereocenters. The van der Waals surface area contributed by atoms with E-state index in [9.17, 15) is 14.0 Å². The molecule has 1 amide bonds. The van der Waals surface area contributed by atoms with Gasteiger partial charge in [0.25, 0.3) is 5.91 Å². The number of carboxylic acid groups (broad SMARTS) is 1. The van der Waals surface area contributed by atoms with Crippen LogP contribution in [-0.4, -0.2) is 17.0 Å². The van der Waals surface area contributed by atoms with Crippen molar-refractivity contribution in [2.24, 2.45) is 0 Å². The number of halogens is 3. The molecule has 2 aromatic rings. The highest BCUT2D eigenvalue weighted by molar-refractivity contribution is 9.10. The minimum atomic E-state index is -1.16.